The molecule has 1 aliphatic rings. The molecule has 1 fully saturated rings. The van der Waals surface area contributed by atoms with Crippen LogP contribution in [0.15, 0.2) is 12.1 Å². The first-order valence-corrected chi connectivity index (χ1v) is 6.62. The van der Waals surface area contributed by atoms with Crippen LogP contribution in [0, 0.1) is 25.6 Å². The van der Waals surface area contributed by atoms with Gasteiger partial charge in [-0.25, -0.2) is 4.39 Å². The Labute approximate surface area is 103 Å². The zero-order chi connectivity index (χ0) is 12.4. The maximum Gasteiger partial charge on any atom is 0.123 e. The van der Waals surface area contributed by atoms with E-state index < -0.39 is 0 Å². The van der Waals surface area contributed by atoms with Gasteiger partial charge in [0.05, 0.1) is 0 Å². The molecule has 1 aromatic rings. The summed E-state index contributed by atoms with van der Waals surface area (Å²) < 4.78 is 13.3. The second-order valence-corrected chi connectivity index (χ2v) is 5.38. The molecule has 1 nitrogen and oxygen atoms in total. The van der Waals surface area contributed by atoms with Crippen LogP contribution in [0.3, 0.4) is 0 Å². The second-order valence-electron chi connectivity index (χ2n) is 5.38. The zero-order valence-corrected chi connectivity index (χ0v) is 10.8. The topological polar surface area (TPSA) is 26.0 Å². The molecule has 0 bridgehead atoms. The van der Waals surface area contributed by atoms with Crippen LogP contribution < -0.4 is 5.73 Å². The van der Waals surface area contributed by atoms with Crippen LogP contribution in [0.1, 0.15) is 54.8 Å². The van der Waals surface area contributed by atoms with Gasteiger partial charge >= 0.3 is 0 Å². The first kappa shape index (κ1) is 12.6. The first-order chi connectivity index (χ1) is 8.09. The van der Waals surface area contributed by atoms with Crippen LogP contribution in [0.5, 0.6) is 0 Å². The van der Waals surface area contributed by atoms with Gasteiger partial charge in [0, 0.05) is 6.04 Å². The summed E-state index contributed by atoms with van der Waals surface area (Å²) in [6.45, 7) is 3.93. The van der Waals surface area contributed by atoms with Gasteiger partial charge in [0.25, 0.3) is 0 Å². The SMILES string of the molecule is Cc1cc(F)cc(C)c1C(N)C1CCCCC1. The molecule has 0 heterocycles. The minimum absolute atomic E-state index is 0.0795. The van der Waals surface area contributed by atoms with Crippen molar-refractivity contribution in [3.05, 3.63) is 34.6 Å². The lowest BCUT2D eigenvalue weighted by molar-refractivity contribution is 0.307. The van der Waals surface area contributed by atoms with Crippen LogP contribution in [0.4, 0.5) is 4.39 Å². The smallest absolute Gasteiger partial charge is 0.123 e. The molecule has 0 aromatic heterocycles. The van der Waals surface area contributed by atoms with Crippen molar-refractivity contribution in [3.63, 3.8) is 0 Å². The molecule has 0 aliphatic heterocycles. The Bertz CT molecular complexity index is 371. The molecule has 1 atom stereocenters. The van der Waals surface area contributed by atoms with E-state index in [0.29, 0.717) is 5.92 Å². The average molecular weight is 235 g/mol. The highest BCUT2D eigenvalue weighted by Gasteiger charge is 2.24. The summed E-state index contributed by atoms with van der Waals surface area (Å²) in [6.07, 6.45) is 6.36. The predicted octanol–water partition coefficient (Wildman–Crippen LogP) is 4.02. The fourth-order valence-corrected chi connectivity index (χ4v) is 3.18. The van der Waals surface area contributed by atoms with E-state index in [0.717, 1.165) is 11.1 Å². The van der Waals surface area contributed by atoms with E-state index in [1.54, 1.807) is 12.1 Å². The molecule has 94 valence electrons. The van der Waals surface area contributed by atoms with Gasteiger partial charge < -0.3 is 5.73 Å². The number of hydrogen-bond donors (Lipinski definition) is 1. The molecule has 2 heteroatoms. The first-order valence-electron chi connectivity index (χ1n) is 6.62. The lowest BCUT2D eigenvalue weighted by Crippen LogP contribution is -2.25. The van der Waals surface area contributed by atoms with E-state index >= 15 is 0 Å². The summed E-state index contributed by atoms with van der Waals surface area (Å²) in [5.74, 6) is 0.422. The van der Waals surface area contributed by atoms with Crippen LogP contribution >= 0.6 is 0 Å². The number of benzene rings is 1. The molecule has 1 saturated carbocycles. The molecule has 17 heavy (non-hydrogen) atoms. The van der Waals surface area contributed by atoms with Crippen molar-refractivity contribution in [2.24, 2.45) is 11.7 Å². The Balaban J connectivity index is 2.26. The van der Waals surface area contributed by atoms with E-state index in [2.05, 4.69) is 0 Å². The third-order valence-electron chi connectivity index (χ3n) is 4.05. The Kier molecular flexibility index (Phi) is 3.82. The normalized spacial score (nSPS) is 19.3. The summed E-state index contributed by atoms with van der Waals surface area (Å²) >= 11 is 0. The molecule has 2 N–H and O–H groups in total. The standard InChI is InChI=1S/C15H22FN/c1-10-8-13(16)9-11(2)14(10)15(17)12-6-4-3-5-7-12/h8-9,12,15H,3-7,17H2,1-2H3. The maximum absolute atomic E-state index is 13.3. The highest BCUT2D eigenvalue weighted by molar-refractivity contribution is 5.37. The molecule has 1 aliphatic carbocycles. The summed E-state index contributed by atoms with van der Waals surface area (Å²) in [7, 11) is 0. The van der Waals surface area contributed by atoms with Gasteiger partial charge in [-0.3, -0.25) is 0 Å². The quantitative estimate of drug-likeness (QED) is 0.823. The van der Waals surface area contributed by atoms with Gasteiger partial charge in [0.2, 0.25) is 0 Å². The summed E-state index contributed by atoms with van der Waals surface area (Å²) in [4.78, 5) is 0. The number of halogens is 1. The van der Waals surface area contributed by atoms with Gasteiger partial charge in [-0.05, 0) is 61.4 Å². The number of hydrogen-bond acceptors (Lipinski definition) is 1. The molecular formula is C15H22FN. The number of nitrogens with two attached hydrogens (primary N) is 1. The van der Waals surface area contributed by atoms with Gasteiger partial charge in [0.1, 0.15) is 5.82 Å². The minimum Gasteiger partial charge on any atom is -0.324 e. The molecular weight excluding hydrogens is 213 g/mol. The molecule has 0 spiro atoms. The third-order valence-corrected chi connectivity index (χ3v) is 4.05. The molecule has 1 unspecified atom stereocenters. The lowest BCUT2D eigenvalue weighted by atomic mass is 9.79. The fraction of sp³-hybridized carbons (Fsp3) is 0.600. The second kappa shape index (κ2) is 5.18. The van der Waals surface area contributed by atoms with Gasteiger partial charge in [-0.2, -0.15) is 0 Å². The van der Waals surface area contributed by atoms with Crippen molar-refractivity contribution >= 4 is 0 Å². The van der Waals surface area contributed by atoms with Crippen LogP contribution in [0.25, 0.3) is 0 Å². The molecule has 2 rings (SSSR count). The van der Waals surface area contributed by atoms with Gasteiger partial charge in [0.15, 0.2) is 0 Å². The zero-order valence-electron chi connectivity index (χ0n) is 10.8. The summed E-state index contributed by atoms with van der Waals surface area (Å²) in [5.41, 5.74) is 9.57. The molecule has 1 aromatic carbocycles. The van der Waals surface area contributed by atoms with Crippen LogP contribution in [-0.2, 0) is 0 Å². The monoisotopic (exact) mass is 235 g/mol. The van der Waals surface area contributed by atoms with E-state index in [1.807, 2.05) is 13.8 Å². The van der Waals surface area contributed by atoms with E-state index in [9.17, 15) is 4.39 Å². The number of aryl methyl sites for hydroxylation is 2. The highest BCUT2D eigenvalue weighted by atomic mass is 19.1. The average Bonchev–Trinajstić information content (AvgIpc) is 2.28. The number of rotatable bonds is 2. The summed E-state index contributed by atoms with van der Waals surface area (Å²) in [6, 6.07) is 3.28. The Morgan fingerprint density at radius 3 is 2.18 bits per heavy atom. The van der Waals surface area contributed by atoms with Crippen molar-refractivity contribution in [1.29, 1.82) is 0 Å². The Morgan fingerprint density at radius 1 is 1.12 bits per heavy atom. The Hall–Kier alpha value is -0.890. The molecule has 0 amide bonds. The van der Waals surface area contributed by atoms with Crippen molar-refractivity contribution in [2.45, 2.75) is 52.0 Å². The Morgan fingerprint density at radius 2 is 1.65 bits per heavy atom. The third kappa shape index (κ3) is 2.68. The predicted molar refractivity (Wildman–Crippen MR) is 69.4 cm³/mol. The van der Waals surface area contributed by atoms with Crippen molar-refractivity contribution in [2.75, 3.05) is 0 Å². The minimum atomic E-state index is -0.153. The van der Waals surface area contributed by atoms with Crippen molar-refractivity contribution < 1.29 is 4.39 Å². The fourth-order valence-electron chi connectivity index (χ4n) is 3.18. The van der Waals surface area contributed by atoms with Crippen LogP contribution in [0.2, 0.25) is 0 Å². The molecule has 0 radical (unpaired) electrons. The van der Waals surface area contributed by atoms with E-state index in [1.165, 1.54) is 37.7 Å². The van der Waals surface area contributed by atoms with Crippen LogP contribution in [-0.4, -0.2) is 0 Å². The van der Waals surface area contributed by atoms with E-state index in [-0.39, 0.29) is 11.9 Å². The van der Waals surface area contributed by atoms with Crippen molar-refractivity contribution in [1.82, 2.24) is 0 Å². The van der Waals surface area contributed by atoms with Gasteiger partial charge in [-0.1, -0.05) is 19.3 Å². The van der Waals surface area contributed by atoms with E-state index in [4.69, 9.17) is 5.73 Å². The summed E-state index contributed by atoms with van der Waals surface area (Å²) in [5, 5.41) is 0. The molecule has 0 saturated heterocycles. The van der Waals surface area contributed by atoms with Crippen molar-refractivity contribution in [3.8, 4) is 0 Å². The maximum atomic E-state index is 13.3. The van der Waals surface area contributed by atoms with Gasteiger partial charge in [-0.15, -0.1) is 0 Å². The lowest BCUT2D eigenvalue weighted by Gasteiger charge is -2.29. The highest BCUT2D eigenvalue weighted by Crippen LogP contribution is 2.35. The largest absolute Gasteiger partial charge is 0.324 e.